The van der Waals surface area contributed by atoms with Crippen LogP contribution in [0, 0.1) is 11.3 Å². The van der Waals surface area contributed by atoms with Crippen molar-refractivity contribution in [1.82, 2.24) is 5.32 Å². The maximum atomic E-state index is 3.52. The molecule has 0 aromatic rings. The zero-order chi connectivity index (χ0) is 10.4. The van der Waals surface area contributed by atoms with Gasteiger partial charge in [-0.15, -0.1) is 0 Å². The largest absolute Gasteiger partial charge is 0.316 e. The van der Waals surface area contributed by atoms with Crippen LogP contribution < -0.4 is 5.32 Å². The Morgan fingerprint density at radius 3 is 2.21 bits per heavy atom. The maximum absolute atomic E-state index is 3.52. The molecule has 1 nitrogen and oxygen atoms in total. The van der Waals surface area contributed by atoms with Gasteiger partial charge in [0.25, 0.3) is 0 Å². The summed E-state index contributed by atoms with van der Waals surface area (Å²) in [6.45, 7) is 8.93. The van der Waals surface area contributed by atoms with Crippen LogP contribution in [0.3, 0.4) is 0 Å². The first-order valence-electron chi connectivity index (χ1n) is 6.55. The lowest BCUT2D eigenvalue weighted by molar-refractivity contribution is 0.168. The molecule has 14 heavy (non-hydrogen) atoms. The summed E-state index contributed by atoms with van der Waals surface area (Å²) >= 11 is 0. The lowest BCUT2D eigenvalue weighted by Gasteiger charge is -2.36. The highest BCUT2D eigenvalue weighted by molar-refractivity contribution is 4.91. The Morgan fingerprint density at radius 2 is 1.79 bits per heavy atom. The maximum Gasteiger partial charge on any atom is 0.000829 e. The van der Waals surface area contributed by atoms with E-state index in [1.165, 1.54) is 51.6 Å². The fourth-order valence-electron chi connectivity index (χ4n) is 2.92. The number of rotatable bonds is 1. The first-order chi connectivity index (χ1) is 6.85. The van der Waals surface area contributed by atoms with Gasteiger partial charge in [0, 0.05) is 6.54 Å². The summed E-state index contributed by atoms with van der Waals surface area (Å²) in [7, 11) is 0. The highest BCUT2D eigenvalue weighted by Crippen LogP contribution is 2.43. The molecule has 0 unspecified atom stereocenters. The molecule has 1 heterocycles. The minimum Gasteiger partial charge on any atom is -0.316 e. The Hall–Kier alpha value is -0.0400. The van der Waals surface area contributed by atoms with Crippen LogP contribution in [0.25, 0.3) is 0 Å². The average molecular weight is 197 g/mol. The standard InChI is InChI=1S/C11H21N.C2H6/c1-2-10-3-5-11(6-4-10)7-8-12-9-11;1-2/h10,12H,2-9H2,1H3;1-2H3. The van der Waals surface area contributed by atoms with E-state index in [1.807, 2.05) is 13.8 Å². The smallest absolute Gasteiger partial charge is 0.000829 e. The van der Waals surface area contributed by atoms with Crippen molar-refractivity contribution in [2.45, 2.75) is 59.3 Å². The van der Waals surface area contributed by atoms with Gasteiger partial charge in [0.2, 0.25) is 0 Å². The number of hydrogen-bond donors (Lipinski definition) is 1. The van der Waals surface area contributed by atoms with Gasteiger partial charge in [-0.25, -0.2) is 0 Å². The zero-order valence-corrected chi connectivity index (χ0v) is 10.2. The van der Waals surface area contributed by atoms with E-state index >= 15 is 0 Å². The normalized spacial score (nSPS) is 36.6. The van der Waals surface area contributed by atoms with Crippen molar-refractivity contribution < 1.29 is 0 Å². The van der Waals surface area contributed by atoms with Gasteiger partial charge in [-0.1, -0.05) is 27.2 Å². The first kappa shape index (κ1) is 12.0. The molecule has 0 aromatic heterocycles. The molecule has 1 saturated heterocycles. The summed E-state index contributed by atoms with van der Waals surface area (Å²) in [5, 5.41) is 3.52. The van der Waals surface area contributed by atoms with Gasteiger partial charge in [0.05, 0.1) is 0 Å². The molecule has 1 saturated carbocycles. The van der Waals surface area contributed by atoms with E-state index in [2.05, 4.69) is 12.2 Å². The Bertz CT molecular complexity index is 137. The van der Waals surface area contributed by atoms with E-state index in [1.54, 1.807) is 0 Å². The van der Waals surface area contributed by atoms with Gasteiger partial charge in [0.15, 0.2) is 0 Å². The molecule has 1 heteroatoms. The fourth-order valence-corrected chi connectivity index (χ4v) is 2.92. The minimum absolute atomic E-state index is 0.742. The van der Waals surface area contributed by atoms with Crippen molar-refractivity contribution in [2.75, 3.05) is 13.1 Å². The van der Waals surface area contributed by atoms with Gasteiger partial charge in [-0.2, -0.15) is 0 Å². The van der Waals surface area contributed by atoms with E-state index in [0.717, 1.165) is 11.3 Å². The second-order valence-electron chi connectivity index (χ2n) is 4.78. The Morgan fingerprint density at radius 1 is 1.14 bits per heavy atom. The third-order valence-corrected chi connectivity index (χ3v) is 4.08. The van der Waals surface area contributed by atoms with Crippen LogP contribution >= 0.6 is 0 Å². The van der Waals surface area contributed by atoms with E-state index in [4.69, 9.17) is 0 Å². The van der Waals surface area contributed by atoms with Crippen LogP contribution in [0.4, 0.5) is 0 Å². The summed E-state index contributed by atoms with van der Waals surface area (Å²) in [5.41, 5.74) is 0.742. The molecule has 1 aliphatic carbocycles. The van der Waals surface area contributed by atoms with Crippen molar-refractivity contribution >= 4 is 0 Å². The van der Waals surface area contributed by atoms with Gasteiger partial charge in [-0.3, -0.25) is 0 Å². The molecule has 0 bridgehead atoms. The molecule has 0 aromatic carbocycles. The highest BCUT2D eigenvalue weighted by atomic mass is 14.9. The van der Waals surface area contributed by atoms with Gasteiger partial charge in [-0.05, 0) is 50.0 Å². The predicted molar refractivity (Wildman–Crippen MR) is 63.5 cm³/mol. The van der Waals surface area contributed by atoms with Crippen molar-refractivity contribution in [3.8, 4) is 0 Å². The van der Waals surface area contributed by atoms with Gasteiger partial charge >= 0.3 is 0 Å². The van der Waals surface area contributed by atoms with Crippen molar-refractivity contribution in [1.29, 1.82) is 0 Å². The molecule has 84 valence electrons. The summed E-state index contributed by atoms with van der Waals surface area (Å²) in [6, 6.07) is 0. The Kier molecular flexibility index (Phi) is 4.94. The highest BCUT2D eigenvalue weighted by Gasteiger charge is 2.36. The third kappa shape index (κ3) is 2.73. The average Bonchev–Trinajstić information content (AvgIpc) is 2.71. The molecule has 0 amide bonds. The summed E-state index contributed by atoms with van der Waals surface area (Å²) in [4.78, 5) is 0. The first-order valence-corrected chi connectivity index (χ1v) is 6.55. The molecule has 0 radical (unpaired) electrons. The molecule has 2 fully saturated rings. The summed E-state index contributed by atoms with van der Waals surface area (Å²) in [5.74, 6) is 1.05. The zero-order valence-electron chi connectivity index (χ0n) is 10.2. The second-order valence-corrected chi connectivity index (χ2v) is 4.78. The van der Waals surface area contributed by atoms with Crippen LogP contribution in [-0.2, 0) is 0 Å². The van der Waals surface area contributed by atoms with Crippen LogP contribution in [0.15, 0.2) is 0 Å². The lowest BCUT2D eigenvalue weighted by atomic mass is 9.69. The lowest BCUT2D eigenvalue weighted by Crippen LogP contribution is -2.29. The number of hydrogen-bond acceptors (Lipinski definition) is 1. The molecule has 1 aliphatic heterocycles. The molecule has 2 rings (SSSR count). The van der Waals surface area contributed by atoms with E-state index < -0.39 is 0 Å². The summed E-state index contributed by atoms with van der Waals surface area (Å²) in [6.07, 6.45) is 8.85. The Labute approximate surface area is 89.7 Å². The number of nitrogens with one attached hydrogen (secondary N) is 1. The van der Waals surface area contributed by atoms with E-state index in [9.17, 15) is 0 Å². The molecule has 1 N–H and O–H groups in total. The van der Waals surface area contributed by atoms with Gasteiger partial charge in [0.1, 0.15) is 0 Å². The summed E-state index contributed by atoms with van der Waals surface area (Å²) < 4.78 is 0. The van der Waals surface area contributed by atoms with Crippen molar-refractivity contribution in [3.63, 3.8) is 0 Å². The second kappa shape index (κ2) is 5.75. The fraction of sp³-hybridized carbons (Fsp3) is 1.00. The quantitative estimate of drug-likeness (QED) is 0.677. The van der Waals surface area contributed by atoms with Crippen LogP contribution in [0.1, 0.15) is 59.3 Å². The van der Waals surface area contributed by atoms with Gasteiger partial charge < -0.3 is 5.32 Å². The third-order valence-electron chi connectivity index (χ3n) is 4.08. The SMILES string of the molecule is CC.CCC1CCC2(CCNC2)CC1. The minimum atomic E-state index is 0.742. The monoisotopic (exact) mass is 197 g/mol. The van der Waals surface area contributed by atoms with Crippen molar-refractivity contribution in [3.05, 3.63) is 0 Å². The molecular weight excluding hydrogens is 170 g/mol. The molecule has 0 atom stereocenters. The van der Waals surface area contributed by atoms with Crippen LogP contribution in [0.5, 0.6) is 0 Å². The van der Waals surface area contributed by atoms with E-state index in [-0.39, 0.29) is 0 Å². The predicted octanol–water partition coefficient (Wildman–Crippen LogP) is 3.59. The topological polar surface area (TPSA) is 12.0 Å². The van der Waals surface area contributed by atoms with Crippen LogP contribution in [0.2, 0.25) is 0 Å². The Balaban J connectivity index is 0.000000461. The van der Waals surface area contributed by atoms with Crippen molar-refractivity contribution in [2.24, 2.45) is 11.3 Å². The molecular formula is C13H27N. The van der Waals surface area contributed by atoms with Crippen LogP contribution in [-0.4, -0.2) is 13.1 Å². The molecule has 2 aliphatic rings. The van der Waals surface area contributed by atoms with E-state index in [0.29, 0.717) is 0 Å². The molecule has 1 spiro atoms.